The average molecular weight is 395 g/mol. The van der Waals surface area contributed by atoms with Gasteiger partial charge in [0.25, 0.3) is 0 Å². The van der Waals surface area contributed by atoms with Crippen molar-refractivity contribution in [1.29, 1.82) is 0 Å². The van der Waals surface area contributed by atoms with E-state index in [1.54, 1.807) is 7.11 Å². The molecule has 0 N–H and O–H groups in total. The lowest BCUT2D eigenvalue weighted by molar-refractivity contribution is -0.236. The fraction of sp³-hybridized carbons (Fsp3) is 1.00. The first kappa shape index (κ1) is 26.1. The predicted octanol–water partition coefficient (Wildman–Crippen LogP) is 4.48. The molecule has 0 saturated heterocycles. The van der Waals surface area contributed by atoms with E-state index in [0.717, 1.165) is 51.7 Å². The number of rotatable bonds is 19. The van der Waals surface area contributed by atoms with Gasteiger partial charge in [-0.1, -0.05) is 40.0 Å². The summed E-state index contributed by atoms with van der Waals surface area (Å²) in [6.45, 7) is 11.1. The highest BCUT2D eigenvalue weighted by Gasteiger charge is 2.29. The number of thiol groups is 1. The maximum absolute atomic E-state index is 6.16. The molecule has 0 bridgehead atoms. The van der Waals surface area contributed by atoms with E-state index in [0.29, 0.717) is 19.0 Å². The zero-order valence-corrected chi connectivity index (χ0v) is 18.5. The Morgan fingerprint density at radius 1 is 0.808 bits per heavy atom. The first-order valence-corrected chi connectivity index (χ1v) is 10.9. The highest BCUT2D eigenvalue weighted by molar-refractivity contribution is 7.80. The largest absolute Gasteiger partial charge is 0.379 e. The fourth-order valence-electron chi connectivity index (χ4n) is 2.32. The van der Waals surface area contributed by atoms with Crippen LogP contribution >= 0.6 is 12.6 Å². The summed E-state index contributed by atoms with van der Waals surface area (Å²) >= 11 is 4.43. The van der Waals surface area contributed by atoms with E-state index in [-0.39, 0.29) is 18.3 Å². The molecule has 0 aliphatic heterocycles. The standard InChI is InChI=1S/C20H42O5S/c1-6-9-12-22-15-18(24-14-11-8-3)20(21-5)25-19(16-26)17(4)23-13-10-7-2/h17-20,26H,6-16H2,1-5H3/t17-,18-,19?,20-/m0/s1. The maximum Gasteiger partial charge on any atom is 0.186 e. The molecule has 4 atom stereocenters. The third-order valence-corrected chi connectivity index (χ3v) is 4.54. The Morgan fingerprint density at radius 3 is 1.92 bits per heavy atom. The molecule has 0 aromatic rings. The van der Waals surface area contributed by atoms with Gasteiger partial charge in [-0.15, -0.1) is 0 Å². The van der Waals surface area contributed by atoms with Crippen LogP contribution in [0.5, 0.6) is 0 Å². The van der Waals surface area contributed by atoms with Crippen molar-refractivity contribution in [2.45, 2.75) is 90.8 Å². The van der Waals surface area contributed by atoms with Gasteiger partial charge in [0.2, 0.25) is 0 Å². The van der Waals surface area contributed by atoms with E-state index >= 15 is 0 Å². The summed E-state index contributed by atoms with van der Waals surface area (Å²) in [5, 5.41) is 0. The minimum Gasteiger partial charge on any atom is -0.379 e. The van der Waals surface area contributed by atoms with E-state index < -0.39 is 6.29 Å². The molecular formula is C20H42O5S. The summed E-state index contributed by atoms with van der Waals surface area (Å²) in [5.41, 5.74) is 0. The second-order valence-corrected chi connectivity index (χ2v) is 6.95. The number of ether oxygens (including phenoxy) is 5. The summed E-state index contributed by atoms with van der Waals surface area (Å²) in [7, 11) is 1.64. The molecular weight excluding hydrogens is 352 g/mol. The van der Waals surface area contributed by atoms with Crippen LogP contribution in [0.25, 0.3) is 0 Å². The second kappa shape index (κ2) is 18.5. The minimum absolute atomic E-state index is 0.0472. The van der Waals surface area contributed by atoms with E-state index in [1.807, 2.05) is 6.92 Å². The van der Waals surface area contributed by atoms with Gasteiger partial charge in [0.05, 0.1) is 18.8 Å². The molecule has 0 aromatic carbocycles. The van der Waals surface area contributed by atoms with Crippen LogP contribution in [0.1, 0.15) is 66.2 Å². The van der Waals surface area contributed by atoms with Crippen molar-refractivity contribution in [1.82, 2.24) is 0 Å². The zero-order valence-electron chi connectivity index (χ0n) is 17.6. The third-order valence-electron chi connectivity index (χ3n) is 4.18. The Balaban J connectivity index is 4.67. The van der Waals surface area contributed by atoms with Gasteiger partial charge in [-0.3, -0.25) is 0 Å². The van der Waals surface area contributed by atoms with Crippen molar-refractivity contribution < 1.29 is 23.7 Å². The van der Waals surface area contributed by atoms with E-state index in [9.17, 15) is 0 Å². The van der Waals surface area contributed by atoms with Gasteiger partial charge >= 0.3 is 0 Å². The monoisotopic (exact) mass is 394 g/mol. The molecule has 0 heterocycles. The minimum atomic E-state index is -0.497. The molecule has 5 nitrogen and oxygen atoms in total. The third kappa shape index (κ3) is 12.5. The lowest BCUT2D eigenvalue weighted by Gasteiger charge is -2.32. The molecule has 0 aromatic heterocycles. The van der Waals surface area contributed by atoms with Crippen LogP contribution < -0.4 is 0 Å². The topological polar surface area (TPSA) is 46.2 Å². The normalized spacial score (nSPS) is 16.4. The van der Waals surface area contributed by atoms with Crippen molar-refractivity contribution in [3.8, 4) is 0 Å². The second-order valence-electron chi connectivity index (χ2n) is 6.58. The van der Waals surface area contributed by atoms with Crippen molar-refractivity contribution in [2.75, 3.05) is 39.3 Å². The molecule has 0 fully saturated rings. The van der Waals surface area contributed by atoms with Crippen LogP contribution in [0.4, 0.5) is 0 Å². The van der Waals surface area contributed by atoms with Crippen molar-refractivity contribution in [3.05, 3.63) is 0 Å². The Kier molecular flexibility index (Phi) is 18.6. The van der Waals surface area contributed by atoms with Crippen LogP contribution in [-0.4, -0.2) is 63.9 Å². The number of hydrogen-bond donors (Lipinski definition) is 1. The van der Waals surface area contributed by atoms with Crippen molar-refractivity contribution in [2.24, 2.45) is 0 Å². The molecule has 0 spiro atoms. The van der Waals surface area contributed by atoms with Gasteiger partial charge in [0.1, 0.15) is 6.10 Å². The van der Waals surface area contributed by atoms with Gasteiger partial charge in [-0.25, -0.2) is 0 Å². The van der Waals surface area contributed by atoms with Crippen LogP contribution in [0.15, 0.2) is 0 Å². The zero-order chi connectivity index (χ0) is 19.6. The fourth-order valence-corrected chi connectivity index (χ4v) is 2.70. The Bertz CT molecular complexity index is 293. The van der Waals surface area contributed by atoms with Gasteiger partial charge < -0.3 is 23.7 Å². The lowest BCUT2D eigenvalue weighted by atomic mass is 10.2. The molecule has 0 aliphatic rings. The van der Waals surface area contributed by atoms with Gasteiger partial charge in [-0.05, 0) is 26.2 Å². The number of methoxy groups -OCH3 is 1. The SMILES string of the molecule is CCCCOC[C@H](OCCCC)[C@@H](OC)OC(CS)[C@H](C)OCCCC. The van der Waals surface area contributed by atoms with Crippen LogP contribution in [0.2, 0.25) is 0 Å². The Morgan fingerprint density at radius 2 is 1.38 bits per heavy atom. The molecule has 0 radical (unpaired) electrons. The average Bonchev–Trinajstić information content (AvgIpc) is 2.65. The quantitative estimate of drug-likeness (QED) is 0.199. The molecule has 6 heteroatoms. The Labute approximate surface area is 166 Å². The predicted molar refractivity (Wildman–Crippen MR) is 110 cm³/mol. The smallest absolute Gasteiger partial charge is 0.186 e. The summed E-state index contributed by atoms with van der Waals surface area (Å²) in [4.78, 5) is 0. The molecule has 1 unspecified atom stereocenters. The molecule has 0 rings (SSSR count). The maximum atomic E-state index is 6.16. The molecule has 26 heavy (non-hydrogen) atoms. The summed E-state index contributed by atoms with van der Waals surface area (Å²) in [6, 6.07) is 0. The van der Waals surface area contributed by atoms with Gasteiger partial charge in [0, 0.05) is 32.7 Å². The lowest BCUT2D eigenvalue weighted by Crippen LogP contribution is -2.43. The van der Waals surface area contributed by atoms with Gasteiger partial charge in [-0.2, -0.15) is 12.6 Å². The van der Waals surface area contributed by atoms with Crippen LogP contribution in [0, 0.1) is 0 Å². The molecule has 158 valence electrons. The summed E-state index contributed by atoms with van der Waals surface area (Å²) < 4.78 is 29.4. The molecule has 0 amide bonds. The Hall–Kier alpha value is 0.150. The molecule has 0 aliphatic carbocycles. The highest BCUT2D eigenvalue weighted by Crippen LogP contribution is 2.15. The van der Waals surface area contributed by atoms with E-state index in [1.165, 1.54) is 0 Å². The number of hydrogen-bond acceptors (Lipinski definition) is 6. The van der Waals surface area contributed by atoms with E-state index in [4.69, 9.17) is 23.7 Å². The first-order chi connectivity index (χ1) is 12.6. The highest BCUT2D eigenvalue weighted by atomic mass is 32.1. The van der Waals surface area contributed by atoms with Gasteiger partial charge in [0.15, 0.2) is 6.29 Å². The first-order valence-electron chi connectivity index (χ1n) is 10.2. The van der Waals surface area contributed by atoms with Crippen molar-refractivity contribution >= 4 is 12.6 Å². The molecule has 0 saturated carbocycles. The number of unbranched alkanes of at least 4 members (excludes halogenated alkanes) is 3. The van der Waals surface area contributed by atoms with Crippen molar-refractivity contribution in [3.63, 3.8) is 0 Å². The van der Waals surface area contributed by atoms with Crippen LogP contribution in [-0.2, 0) is 23.7 Å². The van der Waals surface area contributed by atoms with E-state index in [2.05, 4.69) is 33.4 Å². The van der Waals surface area contributed by atoms with Crippen LogP contribution in [0.3, 0.4) is 0 Å². The summed E-state index contributed by atoms with van der Waals surface area (Å²) in [6.07, 6.45) is 5.45. The summed E-state index contributed by atoms with van der Waals surface area (Å²) in [5.74, 6) is 0.561.